The van der Waals surface area contributed by atoms with Crippen LogP contribution in [0.3, 0.4) is 0 Å². The fraction of sp³-hybridized carbons (Fsp3) is 0.143. The van der Waals surface area contributed by atoms with E-state index < -0.39 is 11.9 Å². The number of amides is 1. The van der Waals surface area contributed by atoms with Crippen molar-refractivity contribution in [2.45, 2.75) is 0 Å². The first kappa shape index (κ1) is 12.9. The van der Waals surface area contributed by atoms with Crippen molar-refractivity contribution in [2.24, 2.45) is 0 Å². The summed E-state index contributed by atoms with van der Waals surface area (Å²) in [6.07, 6.45) is 0. The molecule has 0 unspecified atom stereocenters. The molecule has 0 fully saturated rings. The number of hydrogen-bond acceptors (Lipinski definition) is 4. The van der Waals surface area contributed by atoms with E-state index in [1.807, 2.05) is 24.3 Å². The highest BCUT2D eigenvalue weighted by molar-refractivity contribution is 6.04. The zero-order valence-electron chi connectivity index (χ0n) is 10.5. The largest absolute Gasteiger partial charge is 0.468 e. The normalized spacial score (nSPS) is 10.2. The van der Waals surface area contributed by atoms with Gasteiger partial charge in [-0.1, -0.05) is 24.3 Å². The van der Waals surface area contributed by atoms with Crippen LogP contribution in [0.2, 0.25) is 0 Å². The molecule has 3 N–H and O–H groups in total. The number of nitrogen functional groups attached to an aromatic ring is 1. The van der Waals surface area contributed by atoms with Crippen molar-refractivity contribution in [3.63, 3.8) is 0 Å². The summed E-state index contributed by atoms with van der Waals surface area (Å²) < 4.78 is 4.45. The minimum absolute atomic E-state index is 0.179. The molecule has 0 heterocycles. The minimum Gasteiger partial charge on any atom is -0.468 e. The van der Waals surface area contributed by atoms with E-state index in [0.717, 1.165) is 10.8 Å². The SMILES string of the molecule is COC(=O)CNC(=O)c1cc2ccccc2cc1N. The maximum atomic E-state index is 11.9. The van der Waals surface area contributed by atoms with Crippen molar-refractivity contribution in [1.29, 1.82) is 0 Å². The summed E-state index contributed by atoms with van der Waals surface area (Å²) in [5.41, 5.74) is 6.58. The lowest BCUT2D eigenvalue weighted by Crippen LogP contribution is -2.30. The molecule has 0 saturated heterocycles. The van der Waals surface area contributed by atoms with Gasteiger partial charge < -0.3 is 15.8 Å². The third kappa shape index (κ3) is 2.82. The number of esters is 1. The Morgan fingerprint density at radius 3 is 2.47 bits per heavy atom. The Morgan fingerprint density at radius 1 is 1.21 bits per heavy atom. The van der Waals surface area contributed by atoms with Gasteiger partial charge in [-0.3, -0.25) is 9.59 Å². The number of carbonyl (C=O) groups is 2. The van der Waals surface area contributed by atoms with Crippen molar-refractivity contribution >= 4 is 28.3 Å². The Bertz CT molecular complexity index is 638. The van der Waals surface area contributed by atoms with Crippen molar-refractivity contribution < 1.29 is 14.3 Å². The first-order valence-electron chi connectivity index (χ1n) is 5.75. The highest BCUT2D eigenvalue weighted by Gasteiger charge is 2.12. The number of benzene rings is 2. The van der Waals surface area contributed by atoms with Crippen LogP contribution < -0.4 is 11.1 Å². The van der Waals surface area contributed by atoms with Crippen LogP contribution in [0.15, 0.2) is 36.4 Å². The number of hydrogen-bond donors (Lipinski definition) is 2. The fourth-order valence-electron chi connectivity index (χ4n) is 1.77. The summed E-state index contributed by atoms with van der Waals surface area (Å²) in [4.78, 5) is 22.9. The smallest absolute Gasteiger partial charge is 0.325 e. The van der Waals surface area contributed by atoms with Crippen LogP contribution in [0.25, 0.3) is 10.8 Å². The monoisotopic (exact) mass is 258 g/mol. The van der Waals surface area contributed by atoms with E-state index in [1.54, 1.807) is 12.1 Å². The predicted molar refractivity (Wildman–Crippen MR) is 72.7 cm³/mol. The summed E-state index contributed by atoms with van der Waals surface area (Å²) in [5, 5.41) is 4.34. The number of nitrogens with one attached hydrogen (secondary N) is 1. The van der Waals surface area contributed by atoms with E-state index in [4.69, 9.17) is 5.73 Å². The lowest BCUT2D eigenvalue weighted by Gasteiger charge is -2.08. The zero-order valence-corrected chi connectivity index (χ0v) is 10.5. The molecule has 0 radical (unpaired) electrons. The van der Waals surface area contributed by atoms with Gasteiger partial charge in [0.1, 0.15) is 6.54 Å². The summed E-state index contributed by atoms with van der Waals surface area (Å²) in [7, 11) is 1.26. The summed E-state index contributed by atoms with van der Waals surface area (Å²) in [6, 6.07) is 11.0. The number of anilines is 1. The molecule has 19 heavy (non-hydrogen) atoms. The summed E-state index contributed by atoms with van der Waals surface area (Å²) in [5.74, 6) is -0.902. The van der Waals surface area contributed by atoms with Gasteiger partial charge in [0.25, 0.3) is 5.91 Å². The van der Waals surface area contributed by atoms with Crippen LogP contribution in [-0.2, 0) is 9.53 Å². The average Bonchev–Trinajstić information content (AvgIpc) is 2.43. The Hall–Kier alpha value is -2.56. The van der Waals surface area contributed by atoms with E-state index in [1.165, 1.54) is 7.11 Å². The molecule has 0 spiro atoms. The highest BCUT2D eigenvalue weighted by Crippen LogP contribution is 2.21. The lowest BCUT2D eigenvalue weighted by molar-refractivity contribution is -0.139. The van der Waals surface area contributed by atoms with Crippen molar-refractivity contribution in [3.8, 4) is 0 Å². The first-order chi connectivity index (χ1) is 9.11. The molecule has 2 rings (SSSR count). The number of ether oxygens (including phenoxy) is 1. The molecule has 98 valence electrons. The lowest BCUT2D eigenvalue weighted by atomic mass is 10.0. The van der Waals surface area contributed by atoms with Gasteiger partial charge in [-0.05, 0) is 22.9 Å². The quantitative estimate of drug-likeness (QED) is 0.642. The predicted octanol–water partition coefficient (Wildman–Crippen LogP) is 1.32. The van der Waals surface area contributed by atoms with Crippen LogP contribution in [0.4, 0.5) is 5.69 Å². The van der Waals surface area contributed by atoms with Crippen LogP contribution in [-0.4, -0.2) is 25.5 Å². The van der Waals surface area contributed by atoms with Crippen LogP contribution in [0.5, 0.6) is 0 Å². The van der Waals surface area contributed by atoms with Gasteiger partial charge in [-0.2, -0.15) is 0 Å². The van der Waals surface area contributed by atoms with Gasteiger partial charge in [0.15, 0.2) is 0 Å². The molecule has 0 aliphatic heterocycles. The highest BCUT2D eigenvalue weighted by atomic mass is 16.5. The third-order valence-electron chi connectivity index (χ3n) is 2.78. The van der Waals surface area contributed by atoms with Crippen molar-refractivity contribution in [1.82, 2.24) is 5.32 Å². The molecule has 0 atom stereocenters. The molecule has 5 nitrogen and oxygen atoms in total. The first-order valence-corrected chi connectivity index (χ1v) is 5.75. The Balaban J connectivity index is 2.26. The molecule has 0 bridgehead atoms. The topological polar surface area (TPSA) is 81.4 Å². The molecule has 1 amide bonds. The van der Waals surface area contributed by atoms with Gasteiger partial charge in [0, 0.05) is 5.69 Å². The molecule has 0 aliphatic rings. The maximum absolute atomic E-state index is 11.9. The number of methoxy groups -OCH3 is 1. The maximum Gasteiger partial charge on any atom is 0.325 e. The summed E-state index contributed by atoms with van der Waals surface area (Å²) >= 11 is 0. The van der Waals surface area contributed by atoms with Crippen LogP contribution >= 0.6 is 0 Å². The molecule has 0 saturated carbocycles. The Labute approximate surface area is 110 Å². The van der Waals surface area contributed by atoms with E-state index >= 15 is 0 Å². The molecule has 2 aromatic rings. The van der Waals surface area contributed by atoms with Crippen LogP contribution in [0.1, 0.15) is 10.4 Å². The Morgan fingerprint density at radius 2 is 1.84 bits per heavy atom. The number of carbonyl (C=O) groups excluding carboxylic acids is 2. The van der Waals surface area contributed by atoms with E-state index in [0.29, 0.717) is 11.3 Å². The average molecular weight is 258 g/mol. The van der Waals surface area contributed by atoms with E-state index in [2.05, 4.69) is 10.1 Å². The second-order valence-corrected chi connectivity index (χ2v) is 4.05. The fourth-order valence-corrected chi connectivity index (χ4v) is 1.77. The van der Waals surface area contributed by atoms with Gasteiger partial charge in [-0.15, -0.1) is 0 Å². The summed E-state index contributed by atoms with van der Waals surface area (Å²) in [6.45, 7) is -0.179. The van der Waals surface area contributed by atoms with Gasteiger partial charge >= 0.3 is 5.97 Å². The van der Waals surface area contributed by atoms with Gasteiger partial charge in [0.2, 0.25) is 0 Å². The number of fused-ring (bicyclic) bond motifs is 1. The Kier molecular flexibility index (Phi) is 3.66. The van der Waals surface area contributed by atoms with Gasteiger partial charge in [0.05, 0.1) is 12.7 Å². The van der Waals surface area contributed by atoms with E-state index in [9.17, 15) is 9.59 Å². The number of nitrogens with two attached hydrogens (primary N) is 1. The molecular formula is C14H14N2O3. The second kappa shape index (κ2) is 5.39. The molecule has 2 aromatic carbocycles. The molecule has 5 heteroatoms. The standard InChI is InChI=1S/C14H14N2O3/c1-19-13(17)8-16-14(18)11-6-9-4-2-3-5-10(9)7-12(11)15/h2-7H,8,15H2,1H3,(H,16,18). The van der Waals surface area contributed by atoms with E-state index in [-0.39, 0.29) is 6.54 Å². The zero-order chi connectivity index (χ0) is 13.8. The van der Waals surface area contributed by atoms with Gasteiger partial charge in [-0.25, -0.2) is 0 Å². The van der Waals surface area contributed by atoms with Crippen molar-refractivity contribution in [2.75, 3.05) is 19.4 Å². The van der Waals surface area contributed by atoms with Crippen molar-refractivity contribution in [3.05, 3.63) is 42.0 Å². The molecule has 0 aliphatic carbocycles. The van der Waals surface area contributed by atoms with Crippen LogP contribution in [0, 0.1) is 0 Å². The molecular weight excluding hydrogens is 244 g/mol. The molecule has 0 aromatic heterocycles. The minimum atomic E-state index is -0.507. The number of rotatable bonds is 3. The second-order valence-electron chi connectivity index (χ2n) is 4.05. The third-order valence-corrected chi connectivity index (χ3v) is 2.78.